The van der Waals surface area contributed by atoms with Crippen molar-refractivity contribution in [3.8, 4) is 33.9 Å². The van der Waals surface area contributed by atoms with Crippen molar-refractivity contribution in [1.82, 2.24) is 4.98 Å². The molecule has 0 fully saturated rings. The Kier molecular flexibility index (Phi) is 4.94. The zero-order valence-electron chi connectivity index (χ0n) is 14.4. The second kappa shape index (κ2) is 7.35. The molecule has 0 radical (unpaired) electrons. The number of esters is 1. The molecule has 0 saturated heterocycles. The van der Waals surface area contributed by atoms with Gasteiger partial charge >= 0.3 is 11.7 Å². The first-order valence-corrected chi connectivity index (χ1v) is 7.95. The van der Waals surface area contributed by atoms with Gasteiger partial charge in [0.05, 0.1) is 23.4 Å². The van der Waals surface area contributed by atoms with Gasteiger partial charge < -0.3 is 19.4 Å². The minimum absolute atomic E-state index is 0.00935. The van der Waals surface area contributed by atoms with Crippen LogP contribution in [0.5, 0.6) is 11.5 Å². The van der Waals surface area contributed by atoms with Gasteiger partial charge in [-0.15, -0.1) is 0 Å². The van der Waals surface area contributed by atoms with Crippen LogP contribution >= 0.6 is 0 Å². The van der Waals surface area contributed by atoms with E-state index in [1.807, 2.05) is 0 Å². The van der Waals surface area contributed by atoms with Crippen molar-refractivity contribution in [2.45, 2.75) is 6.92 Å². The second-order valence-corrected chi connectivity index (χ2v) is 5.54. The lowest BCUT2D eigenvalue weighted by Crippen LogP contribution is -2.07. The molecular weight excluding hydrogens is 375 g/mol. The summed E-state index contributed by atoms with van der Waals surface area (Å²) in [4.78, 5) is 26.2. The lowest BCUT2D eigenvalue weighted by Gasteiger charge is -2.07. The maximum absolute atomic E-state index is 14.1. The van der Waals surface area contributed by atoms with Crippen molar-refractivity contribution in [3.05, 3.63) is 58.4 Å². The summed E-state index contributed by atoms with van der Waals surface area (Å²) in [5.74, 6) is -3.63. The molecule has 0 unspecified atom stereocenters. The third kappa shape index (κ3) is 3.22. The summed E-state index contributed by atoms with van der Waals surface area (Å²) in [6.45, 7) is 1.58. The Morgan fingerprint density at radius 2 is 2.11 bits per heavy atom. The van der Waals surface area contributed by atoms with Gasteiger partial charge in [0.1, 0.15) is 5.56 Å². The topological polar surface area (TPSA) is 136 Å². The van der Waals surface area contributed by atoms with Gasteiger partial charge in [0.15, 0.2) is 11.5 Å². The van der Waals surface area contributed by atoms with E-state index in [1.54, 1.807) is 6.92 Å². The highest BCUT2D eigenvalue weighted by molar-refractivity contribution is 6.03. The van der Waals surface area contributed by atoms with Crippen LogP contribution in [0.25, 0.3) is 22.5 Å². The van der Waals surface area contributed by atoms with E-state index in [9.17, 15) is 29.5 Å². The number of aromatic hydroxyl groups is 2. The molecule has 3 rings (SSSR count). The Morgan fingerprint density at radius 1 is 1.36 bits per heavy atom. The summed E-state index contributed by atoms with van der Waals surface area (Å²) in [6.07, 6.45) is 2.29. The van der Waals surface area contributed by atoms with Gasteiger partial charge in [0.25, 0.3) is 0 Å². The number of halogens is 1. The summed E-state index contributed by atoms with van der Waals surface area (Å²) in [6, 6.07) is 4.74. The highest BCUT2D eigenvalue weighted by atomic mass is 19.1. The molecule has 1 aromatic carbocycles. The molecule has 0 aliphatic rings. The average Bonchev–Trinajstić information content (AvgIpc) is 3.09. The lowest BCUT2D eigenvalue weighted by atomic mass is 9.99. The van der Waals surface area contributed by atoms with E-state index in [-0.39, 0.29) is 34.6 Å². The quantitative estimate of drug-likeness (QED) is 0.222. The zero-order valence-corrected chi connectivity index (χ0v) is 14.4. The lowest BCUT2D eigenvalue weighted by molar-refractivity contribution is -0.385. The smallest absolute Gasteiger partial charge is 0.342 e. The van der Waals surface area contributed by atoms with E-state index in [4.69, 9.17) is 9.15 Å². The molecule has 0 aliphatic heterocycles. The molecule has 0 saturated carbocycles. The first kappa shape index (κ1) is 18.8. The predicted octanol–water partition coefficient (Wildman–Crippen LogP) is 3.64. The van der Waals surface area contributed by atoms with Crippen LogP contribution in [0.2, 0.25) is 0 Å². The van der Waals surface area contributed by atoms with E-state index < -0.39 is 34.0 Å². The summed E-state index contributed by atoms with van der Waals surface area (Å²) in [7, 11) is 0. The van der Waals surface area contributed by atoms with Gasteiger partial charge in [-0.3, -0.25) is 10.1 Å². The first-order valence-electron chi connectivity index (χ1n) is 7.95. The minimum atomic E-state index is -0.923. The van der Waals surface area contributed by atoms with E-state index in [1.165, 1.54) is 18.3 Å². The molecular formula is C18H13FN2O7. The average molecular weight is 388 g/mol. The molecule has 0 bridgehead atoms. The summed E-state index contributed by atoms with van der Waals surface area (Å²) >= 11 is 0. The maximum Gasteiger partial charge on any atom is 0.342 e. The molecule has 10 heteroatoms. The van der Waals surface area contributed by atoms with Crippen molar-refractivity contribution in [3.63, 3.8) is 0 Å². The fourth-order valence-electron chi connectivity index (χ4n) is 2.63. The maximum atomic E-state index is 14.1. The molecule has 3 aromatic rings. The molecule has 2 heterocycles. The number of carbonyl (C=O) groups is 1. The number of ether oxygens (including phenoxy) is 1. The third-order valence-corrected chi connectivity index (χ3v) is 3.85. The van der Waals surface area contributed by atoms with Crippen molar-refractivity contribution >= 4 is 11.7 Å². The summed E-state index contributed by atoms with van der Waals surface area (Å²) in [5, 5.41) is 30.6. The van der Waals surface area contributed by atoms with Crippen molar-refractivity contribution in [1.29, 1.82) is 0 Å². The number of nitrogens with zero attached hydrogens (tertiary/aromatic N) is 2. The Bertz CT molecular complexity index is 1080. The van der Waals surface area contributed by atoms with Gasteiger partial charge in [0.2, 0.25) is 11.7 Å². The van der Waals surface area contributed by atoms with Crippen LogP contribution in [0.3, 0.4) is 0 Å². The van der Waals surface area contributed by atoms with Crippen LogP contribution in [0, 0.1) is 16.1 Å². The molecule has 2 aromatic heterocycles. The molecule has 9 nitrogen and oxygen atoms in total. The standard InChI is InChI=1S/C18H13FN2O7/c1-2-27-18(24)14-11(8-28-16(14)10-4-3-5-20-17(10)19)9-6-12(21(25)26)15(23)13(22)7-9/h3-8,22-23H,2H2,1H3. The SMILES string of the molecule is CCOC(=O)c1c(-c2cc(O)c(O)c([N+](=O)[O-])c2)coc1-c1cccnc1F. The number of nitro benzene ring substituents is 1. The number of rotatable bonds is 5. The van der Waals surface area contributed by atoms with Gasteiger partial charge in [-0.1, -0.05) is 0 Å². The van der Waals surface area contributed by atoms with Gasteiger partial charge in [-0.25, -0.2) is 9.78 Å². The molecule has 144 valence electrons. The summed E-state index contributed by atoms with van der Waals surface area (Å²) in [5.41, 5.74) is -1.10. The fraction of sp³-hybridized carbons (Fsp3) is 0.111. The number of hydrogen-bond donors (Lipinski definition) is 2. The van der Waals surface area contributed by atoms with Crippen LogP contribution in [0.1, 0.15) is 17.3 Å². The Morgan fingerprint density at radius 3 is 2.75 bits per heavy atom. The molecule has 28 heavy (non-hydrogen) atoms. The second-order valence-electron chi connectivity index (χ2n) is 5.54. The van der Waals surface area contributed by atoms with Crippen LogP contribution in [0.15, 0.2) is 41.1 Å². The van der Waals surface area contributed by atoms with Crippen molar-refractivity contribution < 1.29 is 33.5 Å². The van der Waals surface area contributed by atoms with Gasteiger partial charge in [0, 0.05) is 17.8 Å². The minimum Gasteiger partial charge on any atom is -0.504 e. The highest BCUT2D eigenvalue weighted by Gasteiger charge is 2.28. The molecule has 0 aliphatic carbocycles. The highest BCUT2D eigenvalue weighted by Crippen LogP contribution is 2.42. The number of phenols is 2. The number of furan rings is 1. The first-order chi connectivity index (χ1) is 13.3. The third-order valence-electron chi connectivity index (χ3n) is 3.85. The fourth-order valence-corrected chi connectivity index (χ4v) is 2.63. The van der Waals surface area contributed by atoms with Crippen LogP contribution in [-0.4, -0.2) is 32.7 Å². The largest absolute Gasteiger partial charge is 0.504 e. The number of aromatic nitrogens is 1. The number of phenolic OH excluding ortho intramolecular Hbond substituents is 2. The normalized spacial score (nSPS) is 10.6. The summed E-state index contributed by atoms with van der Waals surface area (Å²) < 4.78 is 24.5. The van der Waals surface area contributed by atoms with Gasteiger partial charge in [-0.2, -0.15) is 4.39 Å². The van der Waals surface area contributed by atoms with Crippen LogP contribution in [-0.2, 0) is 4.74 Å². The Balaban J connectivity index is 2.27. The molecule has 0 amide bonds. The van der Waals surface area contributed by atoms with E-state index in [2.05, 4.69) is 4.98 Å². The number of nitro groups is 1. The van der Waals surface area contributed by atoms with E-state index >= 15 is 0 Å². The molecule has 0 spiro atoms. The number of carbonyl (C=O) groups excluding carboxylic acids is 1. The van der Waals surface area contributed by atoms with Crippen molar-refractivity contribution in [2.24, 2.45) is 0 Å². The molecule has 0 atom stereocenters. The monoisotopic (exact) mass is 388 g/mol. The Hall–Kier alpha value is -3.95. The number of benzene rings is 1. The Labute approximate surface area is 156 Å². The number of hydrogen-bond acceptors (Lipinski definition) is 8. The van der Waals surface area contributed by atoms with E-state index in [0.717, 1.165) is 18.4 Å². The number of pyridine rings is 1. The van der Waals surface area contributed by atoms with Crippen LogP contribution < -0.4 is 0 Å². The van der Waals surface area contributed by atoms with Crippen LogP contribution in [0.4, 0.5) is 10.1 Å². The van der Waals surface area contributed by atoms with E-state index in [0.29, 0.717) is 0 Å². The van der Waals surface area contributed by atoms with Crippen molar-refractivity contribution in [2.75, 3.05) is 6.61 Å². The zero-order chi connectivity index (χ0) is 20.4. The predicted molar refractivity (Wildman–Crippen MR) is 93.3 cm³/mol. The molecule has 2 N–H and O–H groups in total. The van der Waals surface area contributed by atoms with Gasteiger partial charge in [-0.05, 0) is 30.7 Å².